The minimum Gasteiger partial charge on any atom is -0.352 e. The standard InChI is InChI=1S/C20H23N3O2S/c1-23-18(24)10-17(19(23)16-7-4-8-21-12-16)20(25)22-11-14-5-3-6-15(9-14)13-26-2/h3-9,12,17,19H,10-11,13H2,1-2H3,(H,22,25)/t17-,19+/m1/s1. The Bertz CT molecular complexity index is 782. The van der Waals surface area contributed by atoms with Gasteiger partial charge in [-0.2, -0.15) is 11.8 Å². The lowest BCUT2D eigenvalue weighted by Crippen LogP contribution is -2.34. The van der Waals surface area contributed by atoms with Crippen molar-refractivity contribution in [1.82, 2.24) is 15.2 Å². The van der Waals surface area contributed by atoms with E-state index in [1.807, 2.05) is 24.3 Å². The number of likely N-dealkylation sites (tertiary alicyclic amines) is 1. The van der Waals surface area contributed by atoms with E-state index < -0.39 is 5.92 Å². The van der Waals surface area contributed by atoms with Crippen molar-refractivity contribution in [2.45, 2.75) is 24.8 Å². The summed E-state index contributed by atoms with van der Waals surface area (Å²) in [5.41, 5.74) is 3.21. The van der Waals surface area contributed by atoms with Gasteiger partial charge in [0.2, 0.25) is 11.8 Å². The first-order valence-corrected chi connectivity index (χ1v) is 9.99. The van der Waals surface area contributed by atoms with Crippen molar-refractivity contribution in [2.24, 2.45) is 5.92 Å². The highest BCUT2D eigenvalue weighted by Crippen LogP contribution is 2.36. The fourth-order valence-electron chi connectivity index (χ4n) is 3.43. The van der Waals surface area contributed by atoms with Crippen LogP contribution in [0.5, 0.6) is 0 Å². The van der Waals surface area contributed by atoms with Gasteiger partial charge in [-0.15, -0.1) is 0 Å². The summed E-state index contributed by atoms with van der Waals surface area (Å²) in [5, 5.41) is 3.01. The largest absolute Gasteiger partial charge is 0.352 e. The first kappa shape index (κ1) is 18.5. The molecule has 2 heterocycles. The first-order chi connectivity index (χ1) is 12.6. The molecule has 2 atom stereocenters. The summed E-state index contributed by atoms with van der Waals surface area (Å²) in [6, 6.07) is 11.7. The van der Waals surface area contributed by atoms with E-state index in [9.17, 15) is 9.59 Å². The Labute approximate surface area is 158 Å². The molecule has 1 aliphatic heterocycles. The lowest BCUT2D eigenvalue weighted by Gasteiger charge is -2.24. The zero-order valence-corrected chi connectivity index (χ0v) is 15.8. The van der Waals surface area contributed by atoms with Gasteiger partial charge in [-0.3, -0.25) is 14.6 Å². The summed E-state index contributed by atoms with van der Waals surface area (Å²) in [7, 11) is 1.75. The van der Waals surface area contributed by atoms with Gasteiger partial charge in [0.25, 0.3) is 0 Å². The Morgan fingerprint density at radius 3 is 2.85 bits per heavy atom. The number of pyridine rings is 1. The molecule has 0 spiro atoms. The van der Waals surface area contributed by atoms with E-state index >= 15 is 0 Å². The molecule has 1 aromatic heterocycles. The summed E-state index contributed by atoms with van der Waals surface area (Å²) in [5.74, 6) is 0.450. The summed E-state index contributed by atoms with van der Waals surface area (Å²) in [6.07, 6.45) is 5.72. The minimum absolute atomic E-state index is 0.0130. The molecule has 1 fully saturated rings. The van der Waals surface area contributed by atoms with Gasteiger partial charge in [-0.25, -0.2) is 0 Å². The van der Waals surface area contributed by atoms with Crippen LogP contribution in [0.3, 0.4) is 0 Å². The van der Waals surface area contributed by atoms with Crippen molar-refractivity contribution >= 4 is 23.6 Å². The molecule has 1 saturated heterocycles. The number of amides is 2. The highest BCUT2D eigenvalue weighted by molar-refractivity contribution is 7.97. The van der Waals surface area contributed by atoms with Crippen molar-refractivity contribution < 1.29 is 9.59 Å². The van der Waals surface area contributed by atoms with E-state index in [1.54, 1.807) is 36.1 Å². The monoisotopic (exact) mass is 369 g/mol. The fourth-order valence-corrected chi connectivity index (χ4v) is 3.94. The average molecular weight is 369 g/mol. The number of thioether (sulfide) groups is 1. The highest BCUT2D eigenvalue weighted by atomic mass is 32.2. The summed E-state index contributed by atoms with van der Waals surface area (Å²) in [6.45, 7) is 0.467. The maximum Gasteiger partial charge on any atom is 0.226 e. The van der Waals surface area contributed by atoms with Crippen LogP contribution in [0.1, 0.15) is 29.2 Å². The van der Waals surface area contributed by atoms with Crippen molar-refractivity contribution in [2.75, 3.05) is 13.3 Å². The molecule has 2 aromatic rings. The van der Waals surface area contributed by atoms with Gasteiger partial charge in [0.05, 0.1) is 12.0 Å². The molecule has 1 aromatic carbocycles. The van der Waals surface area contributed by atoms with E-state index in [2.05, 4.69) is 28.7 Å². The molecule has 3 rings (SSSR count). The molecule has 136 valence electrons. The number of rotatable bonds is 6. The molecular formula is C20H23N3O2S. The minimum atomic E-state index is -0.397. The van der Waals surface area contributed by atoms with Crippen LogP contribution in [0.2, 0.25) is 0 Å². The van der Waals surface area contributed by atoms with Gasteiger partial charge in [0, 0.05) is 38.2 Å². The molecule has 0 unspecified atom stereocenters. The van der Waals surface area contributed by atoms with Crippen LogP contribution >= 0.6 is 11.8 Å². The van der Waals surface area contributed by atoms with Gasteiger partial charge in [-0.1, -0.05) is 30.3 Å². The number of aromatic nitrogens is 1. The zero-order chi connectivity index (χ0) is 18.5. The molecule has 0 saturated carbocycles. The number of nitrogens with one attached hydrogen (secondary N) is 1. The molecule has 2 amide bonds. The molecule has 0 aliphatic carbocycles. The molecular weight excluding hydrogens is 346 g/mol. The van der Waals surface area contributed by atoms with E-state index in [4.69, 9.17) is 0 Å². The van der Waals surface area contributed by atoms with Gasteiger partial charge in [0.15, 0.2) is 0 Å². The number of hydrogen-bond acceptors (Lipinski definition) is 4. The Kier molecular flexibility index (Phi) is 5.93. The third kappa shape index (κ3) is 4.07. The molecule has 0 bridgehead atoms. The second-order valence-electron chi connectivity index (χ2n) is 6.52. The third-order valence-corrected chi connectivity index (χ3v) is 5.34. The number of carbonyl (C=O) groups is 2. The lowest BCUT2D eigenvalue weighted by atomic mass is 9.94. The van der Waals surface area contributed by atoms with Crippen LogP contribution in [-0.4, -0.2) is 35.0 Å². The maximum absolute atomic E-state index is 12.8. The normalized spacial score (nSPS) is 19.6. The number of carbonyl (C=O) groups excluding carboxylic acids is 2. The Balaban J connectivity index is 1.70. The first-order valence-electron chi connectivity index (χ1n) is 8.60. The molecule has 0 radical (unpaired) electrons. The van der Waals surface area contributed by atoms with E-state index in [0.29, 0.717) is 6.54 Å². The van der Waals surface area contributed by atoms with Crippen molar-refractivity contribution in [3.8, 4) is 0 Å². The second kappa shape index (κ2) is 8.36. The van der Waals surface area contributed by atoms with Crippen LogP contribution in [0, 0.1) is 5.92 Å². The van der Waals surface area contributed by atoms with Crippen LogP contribution in [0.25, 0.3) is 0 Å². The van der Waals surface area contributed by atoms with Crippen LogP contribution in [0.15, 0.2) is 48.8 Å². The predicted molar refractivity (Wildman–Crippen MR) is 103 cm³/mol. The summed E-state index contributed by atoms with van der Waals surface area (Å²) in [4.78, 5) is 30.8. The molecule has 1 aliphatic rings. The quantitative estimate of drug-likeness (QED) is 0.850. The van der Waals surface area contributed by atoms with E-state index in [-0.39, 0.29) is 24.3 Å². The van der Waals surface area contributed by atoms with Crippen molar-refractivity contribution in [3.63, 3.8) is 0 Å². The second-order valence-corrected chi connectivity index (χ2v) is 7.38. The highest BCUT2D eigenvalue weighted by Gasteiger charge is 2.42. The van der Waals surface area contributed by atoms with Crippen LogP contribution in [-0.2, 0) is 21.9 Å². The number of nitrogens with zero attached hydrogens (tertiary/aromatic N) is 2. The smallest absolute Gasteiger partial charge is 0.226 e. The predicted octanol–water partition coefficient (Wildman–Crippen LogP) is 2.78. The topological polar surface area (TPSA) is 62.3 Å². The zero-order valence-electron chi connectivity index (χ0n) is 15.0. The van der Waals surface area contributed by atoms with Crippen LogP contribution < -0.4 is 5.32 Å². The fraction of sp³-hybridized carbons (Fsp3) is 0.350. The molecule has 6 heteroatoms. The van der Waals surface area contributed by atoms with Gasteiger partial charge in [-0.05, 0) is 29.0 Å². The van der Waals surface area contributed by atoms with Crippen molar-refractivity contribution in [3.05, 3.63) is 65.5 Å². The lowest BCUT2D eigenvalue weighted by molar-refractivity contribution is -0.128. The van der Waals surface area contributed by atoms with Gasteiger partial charge >= 0.3 is 0 Å². The summed E-state index contributed by atoms with van der Waals surface area (Å²) < 4.78 is 0. The SMILES string of the molecule is CSCc1cccc(CNC(=O)[C@@H]2CC(=O)N(C)[C@H]2c2cccnc2)c1. The molecule has 1 N–H and O–H groups in total. The number of hydrogen-bond donors (Lipinski definition) is 1. The average Bonchev–Trinajstić information content (AvgIpc) is 2.96. The van der Waals surface area contributed by atoms with Gasteiger partial charge < -0.3 is 10.2 Å². The van der Waals surface area contributed by atoms with E-state index in [0.717, 1.165) is 16.9 Å². The van der Waals surface area contributed by atoms with E-state index in [1.165, 1.54) is 5.56 Å². The Morgan fingerprint density at radius 1 is 1.31 bits per heavy atom. The Morgan fingerprint density at radius 2 is 2.12 bits per heavy atom. The Hall–Kier alpha value is -2.34. The molecule has 26 heavy (non-hydrogen) atoms. The van der Waals surface area contributed by atoms with Crippen molar-refractivity contribution in [1.29, 1.82) is 0 Å². The molecule has 5 nitrogen and oxygen atoms in total. The van der Waals surface area contributed by atoms with Gasteiger partial charge in [0.1, 0.15) is 0 Å². The third-order valence-electron chi connectivity index (χ3n) is 4.72. The number of benzene rings is 1. The maximum atomic E-state index is 12.8. The van der Waals surface area contributed by atoms with Crippen LogP contribution in [0.4, 0.5) is 0 Å². The summed E-state index contributed by atoms with van der Waals surface area (Å²) >= 11 is 1.77.